The number of nitrogens with zero attached hydrogens (tertiary/aromatic N) is 1. The Kier molecular flexibility index (Phi) is 4.58. The normalized spacial score (nSPS) is 16.6. The van der Waals surface area contributed by atoms with Crippen molar-refractivity contribution in [2.45, 2.75) is 45.2 Å². The average Bonchev–Trinajstić information content (AvgIpc) is 3.58. The van der Waals surface area contributed by atoms with Crippen LogP contribution >= 0.6 is 0 Å². The molecule has 0 bridgehead atoms. The molecule has 0 spiro atoms. The monoisotopic (exact) mass is 370 g/mol. The molecule has 6 heteroatoms. The molecule has 6 nitrogen and oxygen atoms in total. The highest BCUT2D eigenvalue weighted by atomic mass is 16.5. The van der Waals surface area contributed by atoms with E-state index in [1.54, 1.807) is 30.0 Å². The Bertz CT molecular complexity index is 929. The molecule has 1 amide bonds. The molecule has 4 rings (SSSR count). The van der Waals surface area contributed by atoms with E-state index in [2.05, 4.69) is 5.32 Å². The second kappa shape index (κ2) is 6.91. The van der Waals surface area contributed by atoms with Crippen LogP contribution in [0.4, 0.5) is 0 Å². The van der Waals surface area contributed by atoms with Crippen molar-refractivity contribution in [2.24, 2.45) is 11.8 Å². The van der Waals surface area contributed by atoms with Crippen LogP contribution in [0.3, 0.4) is 0 Å². The second-order valence-corrected chi connectivity index (χ2v) is 7.56. The molecule has 0 atom stereocenters. The summed E-state index contributed by atoms with van der Waals surface area (Å²) in [5.74, 6) is 2.10. The van der Waals surface area contributed by atoms with Crippen LogP contribution in [0, 0.1) is 11.8 Å². The summed E-state index contributed by atoms with van der Waals surface area (Å²) in [6, 6.07) is 3.65. The highest BCUT2D eigenvalue weighted by molar-refractivity contribution is 6.07. The number of ether oxygens (including phenoxy) is 2. The molecule has 1 aromatic heterocycles. The Morgan fingerprint density at radius 3 is 2.15 bits per heavy atom. The Labute approximate surface area is 158 Å². The number of aromatic nitrogens is 1. The summed E-state index contributed by atoms with van der Waals surface area (Å²) in [6.45, 7) is 2.39. The van der Waals surface area contributed by atoms with E-state index in [9.17, 15) is 9.59 Å². The van der Waals surface area contributed by atoms with Crippen LogP contribution in [0.15, 0.2) is 23.1 Å². The maximum Gasteiger partial charge on any atom is 0.258 e. The highest BCUT2D eigenvalue weighted by Gasteiger charge is 2.42. The van der Waals surface area contributed by atoms with E-state index < -0.39 is 0 Å². The van der Waals surface area contributed by atoms with Crippen molar-refractivity contribution in [3.63, 3.8) is 0 Å². The number of aryl methyl sites for hydroxylation is 1. The van der Waals surface area contributed by atoms with Gasteiger partial charge < -0.3 is 19.4 Å². The van der Waals surface area contributed by atoms with E-state index in [-0.39, 0.29) is 17.5 Å². The van der Waals surface area contributed by atoms with Gasteiger partial charge in [-0.3, -0.25) is 9.59 Å². The number of methoxy groups -OCH3 is 2. The smallest absolute Gasteiger partial charge is 0.258 e. The molecule has 2 aliphatic carbocycles. The van der Waals surface area contributed by atoms with Gasteiger partial charge in [-0.05, 0) is 56.6 Å². The molecule has 0 saturated heterocycles. The highest BCUT2D eigenvalue weighted by Crippen LogP contribution is 2.44. The standard InChI is InChI=1S/C21H26N2O4/c1-4-23-11-16(20(24)22-19(12-5-6-12)13-7-8-13)14-9-17(26-2)18(27-3)10-15(14)21(23)25/h9-13,19H,4-8H2,1-3H3,(H,22,24). The first-order chi connectivity index (χ1) is 13.1. The van der Waals surface area contributed by atoms with E-state index >= 15 is 0 Å². The molecule has 2 saturated carbocycles. The van der Waals surface area contributed by atoms with Crippen molar-refractivity contribution in [1.29, 1.82) is 0 Å². The quantitative estimate of drug-likeness (QED) is 0.814. The van der Waals surface area contributed by atoms with E-state index in [0.29, 0.717) is 46.2 Å². The van der Waals surface area contributed by atoms with Crippen molar-refractivity contribution in [3.8, 4) is 11.5 Å². The van der Waals surface area contributed by atoms with Gasteiger partial charge in [0.15, 0.2) is 11.5 Å². The van der Waals surface area contributed by atoms with E-state index in [0.717, 1.165) is 0 Å². The van der Waals surface area contributed by atoms with Crippen LogP contribution in [-0.4, -0.2) is 30.7 Å². The number of rotatable bonds is 7. The summed E-state index contributed by atoms with van der Waals surface area (Å²) < 4.78 is 12.3. The third-order valence-electron chi connectivity index (χ3n) is 5.73. The SMILES string of the molecule is CCn1cc(C(=O)NC(C2CC2)C2CC2)c2cc(OC)c(OC)cc2c1=O. The Hall–Kier alpha value is -2.50. The van der Waals surface area contributed by atoms with Gasteiger partial charge in [-0.25, -0.2) is 0 Å². The van der Waals surface area contributed by atoms with E-state index in [1.807, 2.05) is 6.92 Å². The fraction of sp³-hybridized carbons (Fsp3) is 0.524. The van der Waals surface area contributed by atoms with Crippen LogP contribution in [-0.2, 0) is 6.54 Å². The Morgan fingerprint density at radius 2 is 1.67 bits per heavy atom. The number of carbonyl (C=O) groups excluding carboxylic acids is 1. The van der Waals surface area contributed by atoms with Crippen molar-refractivity contribution in [3.05, 3.63) is 34.2 Å². The zero-order valence-corrected chi connectivity index (χ0v) is 16.1. The minimum atomic E-state index is -0.133. The third-order valence-corrected chi connectivity index (χ3v) is 5.73. The maximum absolute atomic E-state index is 13.2. The first kappa shape index (κ1) is 17.9. The van der Waals surface area contributed by atoms with Gasteiger partial charge in [0.2, 0.25) is 0 Å². The van der Waals surface area contributed by atoms with Gasteiger partial charge in [-0.15, -0.1) is 0 Å². The zero-order chi connectivity index (χ0) is 19.1. The molecular formula is C21H26N2O4. The van der Waals surface area contributed by atoms with Crippen molar-refractivity contribution in [1.82, 2.24) is 9.88 Å². The molecule has 1 aromatic carbocycles. The van der Waals surface area contributed by atoms with Crippen LogP contribution in [0.1, 0.15) is 43.0 Å². The molecule has 2 aliphatic rings. The van der Waals surface area contributed by atoms with Crippen LogP contribution in [0.5, 0.6) is 11.5 Å². The lowest BCUT2D eigenvalue weighted by atomic mass is 10.0. The molecule has 0 radical (unpaired) electrons. The fourth-order valence-corrected chi connectivity index (χ4v) is 3.89. The predicted molar refractivity (Wildman–Crippen MR) is 104 cm³/mol. The van der Waals surface area contributed by atoms with Crippen molar-refractivity contribution in [2.75, 3.05) is 14.2 Å². The molecule has 144 valence electrons. The summed E-state index contributed by atoms with van der Waals surface area (Å²) in [5, 5.41) is 4.33. The number of benzene rings is 1. The number of hydrogen-bond donors (Lipinski definition) is 1. The third kappa shape index (κ3) is 3.29. The fourth-order valence-electron chi connectivity index (χ4n) is 3.89. The molecule has 2 fully saturated rings. The van der Waals surface area contributed by atoms with Gasteiger partial charge in [0.1, 0.15) is 0 Å². The molecule has 0 aliphatic heterocycles. The van der Waals surface area contributed by atoms with Gasteiger partial charge in [-0.1, -0.05) is 0 Å². The van der Waals surface area contributed by atoms with Gasteiger partial charge in [0.25, 0.3) is 11.5 Å². The van der Waals surface area contributed by atoms with Crippen LogP contribution in [0.2, 0.25) is 0 Å². The van der Waals surface area contributed by atoms with Gasteiger partial charge in [0, 0.05) is 24.2 Å². The first-order valence-corrected chi connectivity index (χ1v) is 9.67. The Morgan fingerprint density at radius 1 is 1.11 bits per heavy atom. The first-order valence-electron chi connectivity index (χ1n) is 9.67. The summed E-state index contributed by atoms with van der Waals surface area (Å²) in [6.07, 6.45) is 6.45. The summed E-state index contributed by atoms with van der Waals surface area (Å²) >= 11 is 0. The predicted octanol–water partition coefficient (Wildman–Crippen LogP) is 2.96. The van der Waals surface area contributed by atoms with Crippen molar-refractivity contribution < 1.29 is 14.3 Å². The average molecular weight is 370 g/mol. The Balaban J connectivity index is 1.81. The molecule has 1 N–H and O–H groups in total. The van der Waals surface area contributed by atoms with E-state index in [4.69, 9.17) is 9.47 Å². The number of fused-ring (bicyclic) bond motifs is 1. The number of amides is 1. The molecule has 1 heterocycles. The molecular weight excluding hydrogens is 344 g/mol. The number of nitrogens with one attached hydrogen (secondary N) is 1. The molecule has 2 aromatic rings. The van der Waals surface area contributed by atoms with E-state index in [1.165, 1.54) is 32.8 Å². The lowest BCUT2D eigenvalue weighted by Gasteiger charge is -2.19. The summed E-state index contributed by atoms with van der Waals surface area (Å²) in [4.78, 5) is 26.0. The lowest BCUT2D eigenvalue weighted by molar-refractivity contribution is 0.0927. The number of hydrogen-bond acceptors (Lipinski definition) is 4. The summed E-state index contributed by atoms with van der Waals surface area (Å²) in [5.41, 5.74) is 0.379. The van der Waals surface area contributed by atoms with Crippen molar-refractivity contribution >= 4 is 16.7 Å². The maximum atomic E-state index is 13.2. The number of carbonyl (C=O) groups is 1. The van der Waals surface area contributed by atoms with Gasteiger partial charge >= 0.3 is 0 Å². The topological polar surface area (TPSA) is 69.6 Å². The minimum Gasteiger partial charge on any atom is -0.493 e. The largest absolute Gasteiger partial charge is 0.493 e. The number of pyridine rings is 1. The zero-order valence-electron chi connectivity index (χ0n) is 16.1. The molecule has 27 heavy (non-hydrogen) atoms. The second-order valence-electron chi connectivity index (χ2n) is 7.56. The van der Waals surface area contributed by atoms with Gasteiger partial charge in [-0.2, -0.15) is 0 Å². The van der Waals surface area contributed by atoms with Crippen LogP contribution in [0.25, 0.3) is 10.8 Å². The minimum absolute atomic E-state index is 0.113. The molecule has 0 unspecified atom stereocenters. The lowest BCUT2D eigenvalue weighted by Crippen LogP contribution is -2.38. The van der Waals surface area contributed by atoms with Crippen LogP contribution < -0.4 is 20.3 Å². The summed E-state index contributed by atoms with van der Waals surface area (Å²) in [7, 11) is 3.08. The van der Waals surface area contributed by atoms with Gasteiger partial charge in [0.05, 0.1) is 25.2 Å².